The summed E-state index contributed by atoms with van der Waals surface area (Å²) in [5, 5.41) is 3.57. The van der Waals surface area contributed by atoms with E-state index in [9.17, 15) is 8.78 Å². The Morgan fingerprint density at radius 1 is 1.37 bits per heavy atom. The predicted octanol–water partition coefficient (Wildman–Crippen LogP) is 4.57. The maximum atomic E-state index is 12.9. The average Bonchev–Trinajstić information content (AvgIpc) is 2.39. The zero-order chi connectivity index (χ0) is 13.8. The van der Waals surface area contributed by atoms with Gasteiger partial charge in [0.1, 0.15) is 5.69 Å². The maximum Gasteiger partial charge on any atom is 0.281 e. The molecular weight excluding hydrogens is 270 g/mol. The molecular formula is C14H17ClF2N2. The van der Waals surface area contributed by atoms with Crippen LogP contribution in [0.3, 0.4) is 0 Å². The fourth-order valence-corrected chi connectivity index (χ4v) is 2.59. The molecule has 1 heterocycles. The molecule has 0 amide bonds. The van der Waals surface area contributed by atoms with Crippen molar-refractivity contribution in [2.24, 2.45) is 0 Å². The summed E-state index contributed by atoms with van der Waals surface area (Å²) >= 11 is 5.83. The van der Waals surface area contributed by atoms with Crippen molar-refractivity contribution < 1.29 is 8.78 Å². The van der Waals surface area contributed by atoms with E-state index in [0.29, 0.717) is 22.3 Å². The van der Waals surface area contributed by atoms with Gasteiger partial charge in [-0.1, -0.05) is 37.4 Å². The molecule has 2 nitrogen and oxygen atoms in total. The molecule has 0 radical (unpaired) electrons. The number of aromatic nitrogens is 1. The molecule has 1 saturated carbocycles. The predicted molar refractivity (Wildman–Crippen MR) is 73.2 cm³/mol. The number of nitrogens with one attached hydrogen (secondary N) is 1. The third-order valence-corrected chi connectivity index (χ3v) is 3.61. The minimum Gasteiger partial charge on any atom is -0.382 e. The van der Waals surface area contributed by atoms with Gasteiger partial charge in [0.25, 0.3) is 6.43 Å². The summed E-state index contributed by atoms with van der Waals surface area (Å²) in [6, 6.07) is 1.81. The minimum atomic E-state index is -2.63. The number of nitrogens with zero attached hydrogens (tertiary/aromatic N) is 1. The van der Waals surface area contributed by atoms with Crippen LogP contribution in [0.5, 0.6) is 0 Å². The Labute approximate surface area is 116 Å². The van der Waals surface area contributed by atoms with Crippen molar-refractivity contribution in [1.82, 2.24) is 10.3 Å². The van der Waals surface area contributed by atoms with Gasteiger partial charge in [-0.2, -0.15) is 0 Å². The molecule has 0 atom stereocenters. The lowest BCUT2D eigenvalue weighted by molar-refractivity contribution is 0.145. The Bertz CT molecular complexity index is 457. The first-order valence-corrected chi connectivity index (χ1v) is 6.85. The summed E-state index contributed by atoms with van der Waals surface area (Å²) in [5.74, 6) is 0. The molecule has 1 fully saturated rings. The average molecular weight is 287 g/mol. The Morgan fingerprint density at radius 3 is 2.68 bits per heavy atom. The summed E-state index contributed by atoms with van der Waals surface area (Å²) in [5.41, 5.74) is 0.531. The van der Waals surface area contributed by atoms with Gasteiger partial charge in [-0.15, -0.1) is 0 Å². The topological polar surface area (TPSA) is 24.9 Å². The Morgan fingerprint density at radius 2 is 2.05 bits per heavy atom. The zero-order valence-corrected chi connectivity index (χ0v) is 11.4. The highest BCUT2D eigenvalue weighted by Crippen LogP contribution is 2.28. The van der Waals surface area contributed by atoms with Crippen molar-refractivity contribution >= 4 is 17.3 Å². The van der Waals surface area contributed by atoms with Crippen LogP contribution in [0.1, 0.15) is 49.8 Å². The van der Waals surface area contributed by atoms with Gasteiger partial charge in [0, 0.05) is 23.5 Å². The Hall–Kier alpha value is -1.16. The van der Waals surface area contributed by atoms with Gasteiger partial charge in [-0.05, 0) is 18.9 Å². The van der Waals surface area contributed by atoms with E-state index >= 15 is 0 Å². The van der Waals surface area contributed by atoms with Crippen LogP contribution < -0.4 is 5.32 Å². The first-order chi connectivity index (χ1) is 9.08. The molecule has 0 aromatic carbocycles. The van der Waals surface area contributed by atoms with E-state index in [1.807, 2.05) is 0 Å². The zero-order valence-electron chi connectivity index (χ0n) is 10.6. The second kappa shape index (κ2) is 6.33. The molecule has 1 aromatic rings. The van der Waals surface area contributed by atoms with Crippen LogP contribution in [0, 0.1) is 0 Å². The third kappa shape index (κ3) is 3.66. The highest BCUT2D eigenvalue weighted by molar-refractivity contribution is 6.30. The number of alkyl halides is 2. The molecule has 2 rings (SSSR count). The monoisotopic (exact) mass is 286 g/mol. The lowest BCUT2D eigenvalue weighted by Gasteiger charge is -2.25. The van der Waals surface area contributed by atoms with Crippen LogP contribution in [0.2, 0.25) is 5.02 Å². The molecule has 0 saturated heterocycles. The lowest BCUT2D eigenvalue weighted by atomic mass is 9.95. The highest BCUT2D eigenvalue weighted by atomic mass is 35.5. The van der Waals surface area contributed by atoms with Crippen molar-refractivity contribution in [3.63, 3.8) is 0 Å². The summed E-state index contributed by atoms with van der Waals surface area (Å²) in [4.78, 5) is 3.71. The number of hydrogen-bond donors (Lipinski definition) is 1. The van der Waals surface area contributed by atoms with Crippen molar-refractivity contribution in [1.29, 1.82) is 0 Å². The normalized spacial score (nSPS) is 16.6. The van der Waals surface area contributed by atoms with Crippen LogP contribution in [0.4, 0.5) is 8.78 Å². The molecule has 1 N–H and O–H groups in total. The number of hydrogen-bond acceptors (Lipinski definition) is 2. The van der Waals surface area contributed by atoms with Gasteiger partial charge in [-0.3, -0.25) is 4.98 Å². The van der Waals surface area contributed by atoms with Crippen LogP contribution in [-0.2, 0) is 0 Å². The number of halogens is 3. The number of rotatable bonds is 4. The second-order valence-electron chi connectivity index (χ2n) is 4.84. The smallest absolute Gasteiger partial charge is 0.281 e. The molecule has 104 valence electrons. The first-order valence-electron chi connectivity index (χ1n) is 6.47. The quantitative estimate of drug-likeness (QED) is 0.877. The molecule has 0 bridgehead atoms. The second-order valence-corrected chi connectivity index (χ2v) is 5.28. The molecule has 5 heteroatoms. The molecule has 0 unspecified atom stereocenters. The number of pyridine rings is 1. The molecule has 0 aliphatic heterocycles. The van der Waals surface area contributed by atoms with Gasteiger partial charge in [-0.25, -0.2) is 8.78 Å². The van der Waals surface area contributed by atoms with Gasteiger partial charge < -0.3 is 5.32 Å². The first kappa shape index (κ1) is 14.3. The Balaban J connectivity index is 2.15. The Kier molecular flexibility index (Phi) is 4.75. The van der Waals surface area contributed by atoms with Crippen molar-refractivity contribution in [2.75, 3.05) is 0 Å². The standard InChI is InChI=1S/C14H17ClF2N2/c1-9(19-11-5-3-2-4-6-11)12-7-10(15)8-18-13(12)14(16)17/h7-8,11,14,19H,1-6H2. The van der Waals surface area contributed by atoms with E-state index < -0.39 is 6.43 Å². The SMILES string of the molecule is C=C(NC1CCCCC1)c1cc(Cl)cnc1C(F)F. The van der Waals surface area contributed by atoms with Crippen LogP contribution in [0.15, 0.2) is 18.8 Å². The summed E-state index contributed by atoms with van der Waals surface area (Å²) in [6.45, 7) is 3.86. The van der Waals surface area contributed by atoms with E-state index in [0.717, 1.165) is 12.8 Å². The van der Waals surface area contributed by atoms with Crippen molar-refractivity contribution in [3.8, 4) is 0 Å². The lowest BCUT2D eigenvalue weighted by Crippen LogP contribution is -2.29. The molecule has 1 aromatic heterocycles. The van der Waals surface area contributed by atoms with Crippen LogP contribution in [0.25, 0.3) is 5.70 Å². The maximum absolute atomic E-state index is 12.9. The fraction of sp³-hybridized carbons (Fsp3) is 0.500. The van der Waals surface area contributed by atoms with Gasteiger partial charge in [0.05, 0.1) is 5.02 Å². The summed E-state index contributed by atoms with van der Waals surface area (Å²) < 4.78 is 25.8. The van der Waals surface area contributed by atoms with E-state index in [2.05, 4.69) is 16.9 Å². The largest absolute Gasteiger partial charge is 0.382 e. The van der Waals surface area contributed by atoms with Crippen LogP contribution in [-0.4, -0.2) is 11.0 Å². The van der Waals surface area contributed by atoms with E-state index in [1.165, 1.54) is 31.5 Å². The third-order valence-electron chi connectivity index (χ3n) is 3.40. The molecule has 1 aliphatic carbocycles. The molecule has 1 aliphatic rings. The van der Waals surface area contributed by atoms with Gasteiger partial charge >= 0.3 is 0 Å². The molecule has 0 spiro atoms. The van der Waals surface area contributed by atoms with Crippen LogP contribution >= 0.6 is 11.6 Å². The highest BCUT2D eigenvalue weighted by Gasteiger charge is 2.20. The van der Waals surface area contributed by atoms with E-state index in [4.69, 9.17) is 11.6 Å². The fourth-order valence-electron chi connectivity index (χ4n) is 2.44. The molecule has 19 heavy (non-hydrogen) atoms. The van der Waals surface area contributed by atoms with Crippen molar-refractivity contribution in [2.45, 2.75) is 44.6 Å². The summed E-state index contributed by atoms with van der Waals surface area (Å²) in [7, 11) is 0. The summed E-state index contributed by atoms with van der Waals surface area (Å²) in [6.07, 6.45) is 4.29. The van der Waals surface area contributed by atoms with Gasteiger partial charge in [0.2, 0.25) is 0 Å². The van der Waals surface area contributed by atoms with Crippen molar-refractivity contribution in [3.05, 3.63) is 35.1 Å². The minimum absolute atomic E-state index is 0.266. The van der Waals surface area contributed by atoms with E-state index in [-0.39, 0.29) is 5.69 Å². The van der Waals surface area contributed by atoms with Gasteiger partial charge in [0.15, 0.2) is 0 Å². The van der Waals surface area contributed by atoms with E-state index in [1.54, 1.807) is 0 Å².